The molecule has 1 N–H and O–H groups in total. The lowest BCUT2D eigenvalue weighted by Crippen LogP contribution is -2.32. The van der Waals surface area contributed by atoms with Crippen molar-refractivity contribution in [1.29, 1.82) is 0 Å². The SMILES string of the molecule is C[C@H](O)CN(C)CC1CCCCC1. The molecule has 1 rings (SSSR count). The van der Waals surface area contributed by atoms with Crippen molar-refractivity contribution in [1.82, 2.24) is 4.90 Å². The van der Waals surface area contributed by atoms with E-state index in [1.807, 2.05) is 6.92 Å². The van der Waals surface area contributed by atoms with Crippen LogP contribution in [0.4, 0.5) is 0 Å². The smallest absolute Gasteiger partial charge is 0.0638 e. The molecule has 0 saturated heterocycles. The fraction of sp³-hybridized carbons (Fsp3) is 1.00. The molecule has 0 aromatic heterocycles. The number of nitrogens with zero attached hydrogens (tertiary/aromatic N) is 1. The Morgan fingerprint density at radius 1 is 1.31 bits per heavy atom. The Bertz CT molecular complexity index is 130. The molecule has 1 atom stereocenters. The Morgan fingerprint density at radius 3 is 2.46 bits per heavy atom. The standard InChI is InChI=1S/C11H23NO/c1-10(13)8-12(2)9-11-6-4-3-5-7-11/h10-11,13H,3-9H2,1-2H3/t10-/m0/s1. The van der Waals surface area contributed by atoms with Crippen LogP contribution in [0, 0.1) is 5.92 Å². The minimum Gasteiger partial charge on any atom is -0.392 e. The largest absolute Gasteiger partial charge is 0.392 e. The molecule has 1 aliphatic carbocycles. The number of rotatable bonds is 4. The average molecular weight is 185 g/mol. The number of hydrogen-bond donors (Lipinski definition) is 1. The van der Waals surface area contributed by atoms with Crippen LogP contribution >= 0.6 is 0 Å². The van der Waals surface area contributed by atoms with Gasteiger partial charge in [-0.05, 0) is 32.7 Å². The highest BCUT2D eigenvalue weighted by Crippen LogP contribution is 2.23. The van der Waals surface area contributed by atoms with E-state index in [0.717, 1.165) is 12.5 Å². The summed E-state index contributed by atoms with van der Waals surface area (Å²) < 4.78 is 0. The summed E-state index contributed by atoms with van der Waals surface area (Å²) >= 11 is 0. The predicted molar refractivity (Wildman–Crippen MR) is 55.8 cm³/mol. The molecule has 2 heteroatoms. The van der Waals surface area contributed by atoms with Crippen LogP contribution < -0.4 is 0 Å². The minimum atomic E-state index is -0.186. The molecule has 2 nitrogen and oxygen atoms in total. The van der Waals surface area contributed by atoms with Crippen molar-refractivity contribution in [2.45, 2.75) is 45.1 Å². The summed E-state index contributed by atoms with van der Waals surface area (Å²) in [7, 11) is 2.11. The van der Waals surface area contributed by atoms with E-state index in [0.29, 0.717) is 0 Å². The van der Waals surface area contributed by atoms with E-state index in [-0.39, 0.29) is 6.10 Å². The quantitative estimate of drug-likeness (QED) is 0.723. The van der Waals surface area contributed by atoms with Gasteiger partial charge in [0, 0.05) is 13.1 Å². The fourth-order valence-electron chi connectivity index (χ4n) is 2.34. The van der Waals surface area contributed by atoms with E-state index in [2.05, 4.69) is 11.9 Å². The monoisotopic (exact) mass is 185 g/mol. The van der Waals surface area contributed by atoms with Gasteiger partial charge in [-0.25, -0.2) is 0 Å². The second-order valence-corrected chi connectivity index (χ2v) is 4.57. The Kier molecular flexibility index (Phi) is 4.74. The Hall–Kier alpha value is -0.0800. The molecule has 78 valence electrons. The van der Waals surface area contributed by atoms with E-state index < -0.39 is 0 Å². The van der Waals surface area contributed by atoms with Gasteiger partial charge in [0.05, 0.1) is 6.10 Å². The fourth-order valence-corrected chi connectivity index (χ4v) is 2.34. The normalized spacial score (nSPS) is 22.2. The molecular formula is C11H23NO. The van der Waals surface area contributed by atoms with Crippen LogP contribution in [0.1, 0.15) is 39.0 Å². The highest BCUT2D eigenvalue weighted by atomic mass is 16.3. The summed E-state index contributed by atoms with van der Waals surface area (Å²) in [6.07, 6.45) is 6.85. The van der Waals surface area contributed by atoms with Gasteiger partial charge in [-0.15, -0.1) is 0 Å². The van der Waals surface area contributed by atoms with Gasteiger partial charge >= 0.3 is 0 Å². The van der Waals surface area contributed by atoms with Crippen LogP contribution in [0.25, 0.3) is 0 Å². The molecule has 0 aliphatic heterocycles. The lowest BCUT2D eigenvalue weighted by atomic mass is 9.89. The highest BCUT2D eigenvalue weighted by molar-refractivity contribution is 4.69. The lowest BCUT2D eigenvalue weighted by Gasteiger charge is -2.27. The van der Waals surface area contributed by atoms with E-state index in [4.69, 9.17) is 0 Å². The number of aliphatic hydroxyl groups excluding tert-OH is 1. The van der Waals surface area contributed by atoms with Gasteiger partial charge in [-0.3, -0.25) is 0 Å². The van der Waals surface area contributed by atoms with Gasteiger partial charge in [0.15, 0.2) is 0 Å². The highest BCUT2D eigenvalue weighted by Gasteiger charge is 2.15. The van der Waals surface area contributed by atoms with Gasteiger partial charge in [0.1, 0.15) is 0 Å². The molecule has 0 unspecified atom stereocenters. The first-order valence-electron chi connectivity index (χ1n) is 5.55. The third-order valence-corrected chi connectivity index (χ3v) is 2.87. The van der Waals surface area contributed by atoms with E-state index in [9.17, 15) is 5.11 Å². The van der Waals surface area contributed by atoms with Gasteiger partial charge in [0.2, 0.25) is 0 Å². The third kappa shape index (κ3) is 4.63. The van der Waals surface area contributed by atoms with Gasteiger partial charge in [-0.2, -0.15) is 0 Å². The molecular weight excluding hydrogens is 162 g/mol. The summed E-state index contributed by atoms with van der Waals surface area (Å²) in [5, 5.41) is 9.21. The van der Waals surface area contributed by atoms with E-state index >= 15 is 0 Å². The summed E-state index contributed by atoms with van der Waals surface area (Å²) in [4.78, 5) is 2.26. The summed E-state index contributed by atoms with van der Waals surface area (Å²) in [6.45, 7) is 3.85. The minimum absolute atomic E-state index is 0.186. The van der Waals surface area contributed by atoms with Crippen molar-refractivity contribution >= 4 is 0 Å². The zero-order chi connectivity index (χ0) is 9.68. The summed E-state index contributed by atoms with van der Waals surface area (Å²) in [5.74, 6) is 0.887. The van der Waals surface area contributed by atoms with Crippen molar-refractivity contribution in [3.05, 3.63) is 0 Å². The number of aliphatic hydroxyl groups is 1. The summed E-state index contributed by atoms with van der Waals surface area (Å²) in [6, 6.07) is 0. The lowest BCUT2D eigenvalue weighted by molar-refractivity contribution is 0.126. The zero-order valence-corrected chi connectivity index (χ0v) is 9.00. The second-order valence-electron chi connectivity index (χ2n) is 4.57. The van der Waals surface area contributed by atoms with Gasteiger partial charge in [-0.1, -0.05) is 19.3 Å². The van der Waals surface area contributed by atoms with Crippen LogP contribution in [0.5, 0.6) is 0 Å². The van der Waals surface area contributed by atoms with Crippen LogP contribution in [-0.2, 0) is 0 Å². The molecule has 0 aromatic rings. The number of hydrogen-bond acceptors (Lipinski definition) is 2. The van der Waals surface area contributed by atoms with E-state index in [1.54, 1.807) is 0 Å². The Morgan fingerprint density at radius 2 is 1.92 bits per heavy atom. The molecule has 13 heavy (non-hydrogen) atoms. The first kappa shape index (κ1) is 11.0. The average Bonchev–Trinajstić information content (AvgIpc) is 2.04. The number of likely N-dealkylation sites (N-methyl/N-ethyl adjacent to an activating group) is 1. The Balaban J connectivity index is 2.14. The molecule has 0 aromatic carbocycles. The molecule has 0 bridgehead atoms. The predicted octanol–water partition coefficient (Wildman–Crippen LogP) is 1.88. The molecule has 1 aliphatic rings. The van der Waals surface area contributed by atoms with Crippen molar-refractivity contribution < 1.29 is 5.11 Å². The maximum atomic E-state index is 9.21. The first-order chi connectivity index (χ1) is 6.18. The van der Waals surface area contributed by atoms with Crippen LogP contribution in [0.2, 0.25) is 0 Å². The van der Waals surface area contributed by atoms with Crippen molar-refractivity contribution in [2.24, 2.45) is 5.92 Å². The van der Waals surface area contributed by atoms with Crippen molar-refractivity contribution in [3.63, 3.8) is 0 Å². The van der Waals surface area contributed by atoms with Crippen molar-refractivity contribution in [2.75, 3.05) is 20.1 Å². The maximum Gasteiger partial charge on any atom is 0.0638 e. The molecule has 1 fully saturated rings. The third-order valence-electron chi connectivity index (χ3n) is 2.87. The van der Waals surface area contributed by atoms with Crippen LogP contribution in [0.3, 0.4) is 0 Å². The first-order valence-corrected chi connectivity index (χ1v) is 5.55. The molecule has 0 amide bonds. The molecule has 0 heterocycles. The molecule has 0 radical (unpaired) electrons. The van der Waals surface area contributed by atoms with Gasteiger partial charge in [0.25, 0.3) is 0 Å². The van der Waals surface area contributed by atoms with E-state index in [1.165, 1.54) is 38.6 Å². The molecule has 0 spiro atoms. The van der Waals surface area contributed by atoms with Crippen LogP contribution in [-0.4, -0.2) is 36.2 Å². The topological polar surface area (TPSA) is 23.5 Å². The van der Waals surface area contributed by atoms with Crippen LogP contribution in [0.15, 0.2) is 0 Å². The summed E-state index contributed by atoms with van der Waals surface area (Å²) in [5.41, 5.74) is 0. The molecule has 1 saturated carbocycles. The Labute approximate surface area is 81.9 Å². The maximum absolute atomic E-state index is 9.21. The second kappa shape index (κ2) is 5.61. The van der Waals surface area contributed by atoms with Crippen molar-refractivity contribution in [3.8, 4) is 0 Å². The zero-order valence-electron chi connectivity index (χ0n) is 9.00. The van der Waals surface area contributed by atoms with Gasteiger partial charge < -0.3 is 10.0 Å².